The number of anilines is 1. The van der Waals surface area contributed by atoms with Gasteiger partial charge in [-0.05, 0) is 32.4 Å². The van der Waals surface area contributed by atoms with E-state index in [-0.39, 0.29) is 5.75 Å². The summed E-state index contributed by atoms with van der Waals surface area (Å²) in [5.74, 6) is -1.96. The fourth-order valence-electron chi connectivity index (χ4n) is 1.48. The fraction of sp³-hybridized carbons (Fsp3) is 0.250. The first-order valence-electron chi connectivity index (χ1n) is 6.71. The van der Waals surface area contributed by atoms with E-state index in [4.69, 9.17) is 9.84 Å². The van der Waals surface area contributed by atoms with E-state index in [2.05, 4.69) is 16.3 Å². The lowest BCUT2D eigenvalue weighted by Gasteiger charge is -2.12. The topological polar surface area (TPSA) is 70.9 Å². The number of benzene rings is 1. The van der Waals surface area contributed by atoms with Crippen LogP contribution in [0.25, 0.3) is 0 Å². The fourth-order valence-corrected chi connectivity index (χ4v) is 2.15. The van der Waals surface area contributed by atoms with Crippen molar-refractivity contribution in [2.24, 2.45) is 4.99 Å². The van der Waals surface area contributed by atoms with Crippen molar-refractivity contribution in [3.8, 4) is 5.75 Å². The Morgan fingerprint density at radius 2 is 2.13 bits per heavy atom. The monoisotopic (exact) mass is 338 g/mol. The van der Waals surface area contributed by atoms with E-state index in [1.165, 1.54) is 7.11 Å². The first-order chi connectivity index (χ1) is 10.8. The first kappa shape index (κ1) is 18.8. The number of rotatable bonds is 7. The summed E-state index contributed by atoms with van der Waals surface area (Å²) >= 11 is 1.16. The first-order valence-corrected chi connectivity index (χ1v) is 7.53. The molecule has 0 aliphatic carbocycles. The maximum atomic E-state index is 13.8. The lowest BCUT2D eigenvalue weighted by Crippen LogP contribution is -2.03. The van der Waals surface area contributed by atoms with E-state index in [0.29, 0.717) is 10.7 Å². The van der Waals surface area contributed by atoms with Gasteiger partial charge < -0.3 is 14.6 Å². The second-order valence-corrected chi connectivity index (χ2v) is 5.47. The van der Waals surface area contributed by atoms with Crippen molar-refractivity contribution in [3.05, 3.63) is 46.8 Å². The summed E-state index contributed by atoms with van der Waals surface area (Å²) in [6, 6.07) is 2.22. The Morgan fingerprint density at radius 1 is 1.48 bits per heavy atom. The average molecular weight is 338 g/mol. The number of methoxy groups -OCH3 is 1. The van der Waals surface area contributed by atoms with Crippen molar-refractivity contribution < 1.29 is 19.0 Å². The highest BCUT2D eigenvalue weighted by Crippen LogP contribution is 2.32. The van der Waals surface area contributed by atoms with Crippen LogP contribution in [0.15, 0.2) is 40.4 Å². The summed E-state index contributed by atoms with van der Waals surface area (Å²) in [6.45, 7) is 9.33. The largest absolute Gasteiger partial charge is 0.495 e. The van der Waals surface area contributed by atoms with E-state index in [9.17, 15) is 9.18 Å². The second kappa shape index (κ2) is 8.38. The Balaban J connectivity index is 3.01. The molecule has 2 N–H and O–H groups in total. The zero-order valence-corrected chi connectivity index (χ0v) is 14.3. The third-order valence-corrected chi connectivity index (χ3v) is 3.79. The molecule has 0 aliphatic rings. The predicted octanol–water partition coefficient (Wildman–Crippen LogP) is 4.49. The molecular formula is C16H19FN2O3S. The van der Waals surface area contributed by atoms with Gasteiger partial charge in [0.2, 0.25) is 0 Å². The number of carboxylic acid groups (broad SMARTS) is 1. The molecule has 0 aromatic heterocycles. The van der Waals surface area contributed by atoms with Gasteiger partial charge in [0.05, 0.1) is 18.4 Å². The smallest absolute Gasteiger partial charge is 0.338 e. The molecule has 1 aromatic rings. The highest BCUT2D eigenvalue weighted by Gasteiger charge is 2.16. The molecule has 0 unspecified atom stereocenters. The van der Waals surface area contributed by atoms with Gasteiger partial charge in [0.1, 0.15) is 16.6 Å². The Morgan fingerprint density at radius 3 is 2.61 bits per heavy atom. The Bertz CT molecular complexity index is 684. The SMILES string of the molecule is C=C(C)/C(C)=N/C(=C\C)SNc1cc(F)c(C(=O)O)cc1OC. The number of nitrogens with zero attached hydrogens (tertiary/aromatic N) is 1. The van der Waals surface area contributed by atoms with Crippen molar-refractivity contribution in [2.75, 3.05) is 11.8 Å². The van der Waals surface area contributed by atoms with Crippen LogP contribution < -0.4 is 9.46 Å². The second-order valence-electron chi connectivity index (χ2n) is 4.65. The maximum Gasteiger partial charge on any atom is 0.338 e. The van der Waals surface area contributed by atoms with Gasteiger partial charge in [0, 0.05) is 23.7 Å². The van der Waals surface area contributed by atoms with Crippen LogP contribution in [-0.2, 0) is 0 Å². The Labute approximate surface area is 139 Å². The van der Waals surface area contributed by atoms with E-state index in [1.807, 2.05) is 20.8 Å². The molecule has 0 bridgehead atoms. The number of ether oxygens (including phenoxy) is 1. The van der Waals surface area contributed by atoms with E-state index < -0.39 is 17.3 Å². The van der Waals surface area contributed by atoms with Crippen molar-refractivity contribution in [2.45, 2.75) is 20.8 Å². The number of halogens is 1. The van der Waals surface area contributed by atoms with Crippen LogP contribution in [0.3, 0.4) is 0 Å². The van der Waals surface area contributed by atoms with Gasteiger partial charge in [-0.2, -0.15) is 0 Å². The molecule has 7 heteroatoms. The normalized spacial score (nSPS) is 12.0. The molecule has 23 heavy (non-hydrogen) atoms. The van der Waals surface area contributed by atoms with Crippen molar-refractivity contribution in [3.63, 3.8) is 0 Å². The minimum absolute atomic E-state index is 0.229. The predicted molar refractivity (Wildman–Crippen MR) is 92.8 cm³/mol. The summed E-state index contributed by atoms with van der Waals surface area (Å²) in [7, 11) is 1.38. The molecule has 124 valence electrons. The van der Waals surface area contributed by atoms with Crippen molar-refractivity contribution >= 4 is 29.3 Å². The molecule has 1 rings (SSSR count). The highest BCUT2D eigenvalue weighted by molar-refractivity contribution is 8.04. The standard InChI is InChI=1S/C16H19FN2O3S/c1-6-15(18-10(4)9(2)3)23-19-13-8-12(17)11(16(20)21)7-14(13)22-5/h6-8,19H,2H2,1,3-5H3,(H,20,21)/b15-6+,18-10+. The minimum Gasteiger partial charge on any atom is -0.495 e. The third kappa shape index (κ3) is 5.14. The summed E-state index contributed by atoms with van der Waals surface area (Å²) in [5, 5.41) is 9.59. The summed E-state index contributed by atoms with van der Waals surface area (Å²) < 4.78 is 21.8. The molecule has 0 aliphatic heterocycles. The van der Waals surface area contributed by atoms with E-state index >= 15 is 0 Å². The molecule has 0 radical (unpaired) electrons. The molecule has 0 spiro atoms. The van der Waals surface area contributed by atoms with Gasteiger partial charge in [-0.1, -0.05) is 12.7 Å². The van der Waals surface area contributed by atoms with Gasteiger partial charge in [-0.3, -0.25) is 0 Å². The molecule has 5 nitrogen and oxygen atoms in total. The number of allylic oxidation sites excluding steroid dienone is 2. The van der Waals surface area contributed by atoms with Crippen LogP contribution >= 0.6 is 11.9 Å². The van der Waals surface area contributed by atoms with Gasteiger partial charge in [0.15, 0.2) is 0 Å². The minimum atomic E-state index is -1.35. The quantitative estimate of drug-likeness (QED) is 0.566. The molecule has 0 saturated heterocycles. The lowest BCUT2D eigenvalue weighted by atomic mass is 10.2. The molecule has 0 heterocycles. The Hall–Kier alpha value is -2.28. The summed E-state index contributed by atoms with van der Waals surface area (Å²) in [5.41, 5.74) is 1.51. The number of hydrogen-bond acceptors (Lipinski definition) is 5. The summed E-state index contributed by atoms with van der Waals surface area (Å²) in [4.78, 5) is 15.3. The molecule has 0 amide bonds. The van der Waals surface area contributed by atoms with Gasteiger partial charge in [-0.25, -0.2) is 14.2 Å². The maximum absolute atomic E-state index is 13.8. The van der Waals surface area contributed by atoms with Crippen LogP contribution in [0, 0.1) is 5.82 Å². The highest BCUT2D eigenvalue weighted by atomic mass is 32.2. The van der Waals surface area contributed by atoms with Gasteiger partial charge in [-0.15, -0.1) is 0 Å². The van der Waals surface area contributed by atoms with Crippen molar-refractivity contribution in [1.29, 1.82) is 0 Å². The number of hydrogen-bond donors (Lipinski definition) is 2. The number of carboxylic acids is 1. The molecule has 0 fully saturated rings. The molecule has 1 aromatic carbocycles. The number of nitrogens with one attached hydrogen (secondary N) is 1. The third-order valence-electron chi connectivity index (χ3n) is 2.93. The average Bonchev–Trinajstić information content (AvgIpc) is 2.50. The number of carbonyl (C=O) groups is 1. The van der Waals surface area contributed by atoms with Crippen LogP contribution in [0.5, 0.6) is 5.75 Å². The zero-order valence-electron chi connectivity index (χ0n) is 13.4. The van der Waals surface area contributed by atoms with Gasteiger partial charge in [0.25, 0.3) is 0 Å². The number of aliphatic imine (C=N–C) groups is 1. The zero-order chi connectivity index (χ0) is 17.6. The number of aromatic carboxylic acids is 1. The Kier molecular flexibility index (Phi) is 6.84. The molecular weight excluding hydrogens is 319 g/mol. The van der Waals surface area contributed by atoms with E-state index in [1.54, 1.807) is 6.08 Å². The summed E-state index contributed by atoms with van der Waals surface area (Å²) in [6.07, 6.45) is 1.79. The van der Waals surface area contributed by atoms with Gasteiger partial charge >= 0.3 is 5.97 Å². The van der Waals surface area contributed by atoms with Crippen LogP contribution in [0.4, 0.5) is 10.1 Å². The van der Waals surface area contributed by atoms with Crippen LogP contribution in [0.1, 0.15) is 31.1 Å². The molecule has 0 saturated carbocycles. The van der Waals surface area contributed by atoms with Crippen LogP contribution in [-0.4, -0.2) is 23.9 Å². The van der Waals surface area contributed by atoms with Crippen molar-refractivity contribution in [1.82, 2.24) is 0 Å². The van der Waals surface area contributed by atoms with Crippen LogP contribution in [0.2, 0.25) is 0 Å². The van der Waals surface area contributed by atoms with E-state index in [0.717, 1.165) is 35.4 Å². The molecule has 0 atom stereocenters. The lowest BCUT2D eigenvalue weighted by molar-refractivity contribution is 0.0691.